The molecule has 1 aromatic carbocycles. The molecule has 2 heterocycles. The lowest BCUT2D eigenvalue weighted by molar-refractivity contribution is -0.759. The van der Waals surface area contributed by atoms with E-state index in [1.807, 2.05) is 5.01 Å². The zero-order valence-electron chi connectivity index (χ0n) is 14.9. The topological polar surface area (TPSA) is 82.6 Å². The van der Waals surface area contributed by atoms with Crippen LogP contribution in [-0.2, 0) is 4.79 Å². The monoisotopic (exact) mass is 394 g/mol. The number of halogens is 1. The van der Waals surface area contributed by atoms with Crippen LogP contribution in [0.25, 0.3) is 0 Å². The summed E-state index contributed by atoms with van der Waals surface area (Å²) in [6.45, 7) is 3.51. The molecule has 0 atom stereocenters. The second-order valence-corrected chi connectivity index (χ2v) is 7.25. The number of rotatable bonds is 6. The van der Waals surface area contributed by atoms with E-state index in [-0.39, 0.29) is 23.3 Å². The minimum Gasteiger partial charge on any atom is -0.302 e. The molecular formula is C17H21FN5O3S+. The molecule has 1 amide bonds. The summed E-state index contributed by atoms with van der Waals surface area (Å²) in [7, 11) is 2.06. The lowest BCUT2D eigenvalue weighted by Gasteiger charge is -2.26. The number of amides is 1. The Labute approximate surface area is 160 Å². The van der Waals surface area contributed by atoms with E-state index >= 15 is 0 Å². The maximum Gasteiger partial charge on any atom is 0.305 e. The molecule has 0 unspecified atom stereocenters. The van der Waals surface area contributed by atoms with Crippen molar-refractivity contribution in [3.05, 3.63) is 41.8 Å². The van der Waals surface area contributed by atoms with Gasteiger partial charge in [0.25, 0.3) is 6.20 Å². The first-order valence-electron chi connectivity index (χ1n) is 8.56. The summed E-state index contributed by atoms with van der Waals surface area (Å²) in [5.74, 6) is -0.0871. The molecule has 0 bridgehead atoms. The zero-order chi connectivity index (χ0) is 19.2. The lowest BCUT2D eigenvalue weighted by Crippen LogP contribution is -2.64. The number of hydrogen-bond donors (Lipinski definition) is 1. The van der Waals surface area contributed by atoms with Gasteiger partial charge in [0.1, 0.15) is 5.82 Å². The van der Waals surface area contributed by atoms with Gasteiger partial charge >= 0.3 is 5.88 Å². The normalized spacial score (nSPS) is 15.0. The van der Waals surface area contributed by atoms with Gasteiger partial charge in [-0.3, -0.25) is 19.4 Å². The molecule has 144 valence electrons. The highest BCUT2D eigenvalue weighted by Gasteiger charge is 2.25. The molecule has 0 radical (unpaired) electrons. The van der Waals surface area contributed by atoms with Crippen molar-refractivity contribution in [2.24, 2.45) is 0 Å². The molecule has 27 heavy (non-hydrogen) atoms. The van der Waals surface area contributed by atoms with Crippen LogP contribution in [0.1, 0.15) is 16.8 Å². The average Bonchev–Trinajstić information content (AvgIpc) is 3.11. The molecule has 1 N–H and O–H groups in total. The van der Waals surface area contributed by atoms with Gasteiger partial charge in [-0.05, 0) is 31.3 Å². The molecule has 1 aliphatic rings. The quantitative estimate of drug-likeness (QED) is 0.729. The predicted octanol–water partition coefficient (Wildman–Crippen LogP) is 0.887. The molecule has 0 saturated carbocycles. The SMILES string of the molecule is CN1CCN([n+]2cc(NC(=O)CCSC(=O)c3ccc(F)cc3)on2)CC1. The van der Waals surface area contributed by atoms with Gasteiger partial charge in [-0.2, -0.15) is 5.01 Å². The Morgan fingerprint density at radius 3 is 2.67 bits per heavy atom. The third kappa shape index (κ3) is 5.51. The van der Waals surface area contributed by atoms with E-state index < -0.39 is 5.82 Å². The first-order chi connectivity index (χ1) is 13.0. The molecule has 3 rings (SSSR count). The van der Waals surface area contributed by atoms with E-state index in [9.17, 15) is 14.0 Å². The summed E-state index contributed by atoms with van der Waals surface area (Å²) in [6, 6.07) is 5.33. The lowest BCUT2D eigenvalue weighted by atomic mass is 10.2. The van der Waals surface area contributed by atoms with E-state index in [1.165, 1.54) is 24.3 Å². The molecule has 2 aromatic rings. The van der Waals surface area contributed by atoms with Gasteiger partial charge in [0.15, 0.2) is 0 Å². The standard InChI is InChI=1S/C17H20FN5O3S/c1-21-7-9-22(10-8-21)23-12-16(26-20-23)19-15(24)6-11-27-17(25)13-2-4-14(18)5-3-13/h2-5,12H,6-11H2,1H3/p+1. The summed E-state index contributed by atoms with van der Waals surface area (Å²) in [5.41, 5.74) is 0.408. The summed E-state index contributed by atoms with van der Waals surface area (Å²) >= 11 is 1.02. The Hall–Kier alpha value is -2.46. The van der Waals surface area contributed by atoms with Crippen LogP contribution in [0, 0.1) is 5.82 Å². The van der Waals surface area contributed by atoms with Gasteiger partial charge in [0.2, 0.25) is 16.3 Å². The van der Waals surface area contributed by atoms with E-state index in [0.717, 1.165) is 37.9 Å². The number of anilines is 1. The number of piperazine rings is 1. The van der Waals surface area contributed by atoms with Crippen LogP contribution in [0.3, 0.4) is 0 Å². The number of nitrogens with one attached hydrogen (secondary N) is 1. The van der Waals surface area contributed by atoms with E-state index in [4.69, 9.17) is 4.52 Å². The number of carbonyl (C=O) groups excluding carboxylic acids is 2. The maximum atomic E-state index is 12.9. The fraction of sp³-hybridized carbons (Fsp3) is 0.412. The molecule has 8 nitrogen and oxygen atoms in total. The molecule has 10 heteroatoms. The van der Waals surface area contributed by atoms with Crippen molar-refractivity contribution in [3.63, 3.8) is 0 Å². The van der Waals surface area contributed by atoms with Gasteiger partial charge in [0, 0.05) is 30.8 Å². The smallest absolute Gasteiger partial charge is 0.302 e. The fourth-order valence-electron chi connectivity index (χ4n) is 2.53. The van der Waals surface area contributed by atoms with Crippen molar-refractivity contribution in [3.8, 4) is 0 Å². The van der Waals surface area contributed by atoms with E-state index in [1.54, 1.807) is 11.0 Å². The zero-order valence-corrected chi connectivity index (χ0v) is 15.7. The van der Waals surface area contributed by atoms with Crippen molar-refractivity contribution in [1.82, 2.24) is 10.2 Å². The van der Waals surface area contributed by atoms with Crippen LogP contribution >= 0.6 is 11.8 Å². The van der Waals surface area contributed by atoms with Crippen LogP contribution in [-0.4, -0.2) is 60.2 Å². The van der Waals surface area contributed by atoms with Crippen LogP contribution in [0.2, 0.25) is 0 Å². The van der Waals surface area contributed by atoms with Crippen LogP contribution in [0.5, 0.6) is 0 Å². The van der Waals surface area contributed by atoms with Crippen molar-refractivity contribution in [2.45, 2.75) is 6.42 Å². The van der Waals surface area contributed by atoms with Crippen LogP contribution < -0.4 is 15.1 Å². The van der Waals surface area contributed by atoms with Gasteiger partial charge < -0.3 is 4.90 Å². The minimum absolute atomic E-state index is 0.146. The van der Waals surface area contributed by atoms with E-state index in [0.29, 0.717) is 11.3 Å². The van der Waals surface area contributed by atoms with Gasteiger partial charge in [-0.15, -0.1) is 0 Å². The van der Waals surface area contributed by atoms with Crippen LogP contribution in [0.4, 0.5) is 10.3 Å². The van der Waals surface area contributed by atoms with Crippen molar-refractivity contribution < 1.29 is 23.3 Å². The molecule has 1 aromatic heterocycles. The largest absolute Gasteiger partial charge is 0.305 e. The number of hydrogen-bond acceptors (Lipinski definition) is 7. The van der Waals surface area contributed by atoms with Crippen molar-refractivity contribution >= 4 is 28.7 Å². The van der Waals surface area contributed by atoms with Crippen molar-refractivity contribution in [2.75, 3.05) is 49.3 Å². The highest BCUT2D eigenvalue weighted by Crippen LogP contribution is 2.14. The molecular weight excluding hydrogens is 373 g/mol. The first-order valence-corrected chi connectivity index (χ1v) is 9.55. The highest BCUT2D eigenvalue weighted by atomic mass is 32.2. The second-order valence-electron chi connectivity index (χ2n) is 6.18. The Morgan fingerprint density at radius 2 is 1.96 bits per heavy atom. The number of aromatic nitrogens is 2. The molecule has 0 aliphatic carbocycles. The van der Waals surface area contributed by atoms with Crippen LogP contribution in [0.15, 0.2) is 35.0 Å². The number of carbonyl (C=O) groups is 2. The predicted molar refractivity (Wildman–Crippen MR) is 98.6 cm³/mol. The highest BCUT2D eigenvalue weighted by molar-refractivity contribution is 8.14. The van der Waals surface area contributed by atoms with E-state index in [2.05, 4.69) is 22.5 Å². The fourth-order valence-corrected chi connectivity index (χ4v) is 3.31. The Morgan fingerprint density at radius 1 is 1.26 bits per heavy atom. The number of likely N-dealkylation sites (N-methyl/N-ethyl adjacent to an activating group) is 1. The summed E-state index contributed by atoms with van der Waals surface area (Å²) in [6.07, 6.45) is 1.77. The number of thioether (sulfide) groups is 1. The van der Waals surface area contributed by atoms with Gasteiger partial charge in [-0.1, -0.05) is 11.8 Å². The molecule has 1 fully saturated rings. The Balaban J connectivity index is 1.42. The van der Waals surface area contributed by atoms with Gasteiger partial charge in [0.05, 0.1) is 17.9 Å². The maximum absolute atomic E-state index is 12.9. The number of nitrogens with zero attached hydrogens (tertiary/aromatic N) is 4. The summed E-state index contributed by atoms with van der Waals surface area (Å²) in [4.78, 5) is 27.8. The van der Waals surface area contributed by atoms with Crippen molar-refractivity contribution in [1.29, 1.82) is 0 Å². The molecule has 1 aliphatic heterocycles. The Bertz CT molecular complexity index is 790. The third-order valence-electron chi connectivity index (χ3n) is 4.13. The second kappa shape index (κ2) is 8.96. The number of benzene rings is 1. The molecule has 1 saturated heterocycles. The summed E-state index contributed by atoms with van der Waals surface area (Å²) < 4.78 is 18.0. The summed E-state index contributed by atoms with van der Waals surface area (Å²) in [5, 5.41) is 8.37. The third-order valence-corrected chi connectivity index (χ3v) is 5.04. The first kappa shape index (κ1) is 19.3. The molecule has 0 spiro atoms. The van der Waals surface area contributed by atoms with Gasteiger partial charge in [-0.25, -0.2) is 4.39 Å². The average molecular weight is 394 g/mol. The minimum atomic E-state index is -0.392. The Kier molecular flexibility index (Phi) is 6.40.